The highest BCUT2D eigenvalue weighted by Crippen LogP contribution is 2.27. The summed E-state index contributed by atoms with van der Waals surface area (Å²) in [5.74, 6) is -3.08. The molecule has 4 amide bonds. The number of aliphatic carboxylic acids is 1. The van der Waals surface area contributed by atoms with Crippen molar-refractivity contribution < 1.29 is 38.6 Å². The van der Waals surface area contributed by atoms with E-state index >= 15 is 0 Å². The summed E-state index contributed by atoms with van der Waals surface area (Å²) in [6, 6.07) is 13.8. The largest absolute Gasteiger partial charge is 0.480 e. The molecule has 1 aliphatic rings. The van der Waals surface area contributed by atoms with Gasteiger partial charge in [0.1, 0.15) is 18.7 Å². The second-order valence-corrected chi connectivity index (χ2v) is 13.2. The van der Waals surface area contributed by atoms with Gasteiger partial charge >= 0.3 is 12.1 Å². The standard InChI is InChI=1S/C37H53N5O8/c1-24(2)20-29(38-4)33(43)42-32(28-18-12-7-13-19-28)35(45)40-30(21-39-37(48)50-23-27-16-10-6-11-17-27)34(44)41-31(36(46)47)25(3)49-22-26-14-8-5-9-15-26/h5-6,8-11,14-17,24-25,28-32,38H,7,12-13,18-23H2,1-4H3,(H,39,48)(H,40,45)(H,41,44)(H,42,43)(H,46,47)/t25-,29-,30-,31-,32-/m0/s1. The third-order valence-electron chi connectivity index (χ3n) is 8.76. The van der Waals surface area contributed by atoms with Gasteiger partial charge in [-0.15, -0.1) is 0 Å². The third-order valence-corrected chi connectivity index (χ3v) is 8.76. The average Bonchev–Trinajstić information content (AvgIpc) is 3.12. The molecule has 1 fully saturated rings. The van der Waals surface area contributed by atoms with E-state index in [0.29, 0.717) is 19.3 Å². The number of amides is 4. The smallest absolute Gasteiger partial charge is 0.407 e. The van der Waals surface area contributed by atoms with Gasteiger partial charge in [-0.1, -0.05) is 93.8 Å². The molecule has 13 heteroatoms. The molecule has 0 saturated heterocycles. The van der Waals surface area contributed by atoms with Gasteiger partial charge in [0.25, 0.3) is 0 Å². The third kappa shape index (κ3) is 13.4. The minimum absolute atomic E-state index is 0.0218. The zero-order valence-electron chi connectivity index (χ0n) is 29.5. The van der Waals surface area contributed by atoms with Crippen LogP contribution in [0.1, 0.15) is 70.4 Å². The number of carbonyl (C=O) groups excluding carboxylic acids is 4. The Bertz CT molecular complexity index is 1370. The maximum absolute atomic E-state index is 14.0. The first-order valence-electron chi connectivity index (χ1n) is 17.4. The lowest BCUT2D eigenvalue weighted by molar-refractivity contribution is -0.147. The Morgan fingerprint density at radius 1 is 0.760 bits per heavy atom. The van der Waals surface area contributed by atoms with E-state index in [1.54, 1.807) is 31.3 Å². The lowest BCUT2D eigenvalue weighted by Crippen LogP contribution is -2.62. The van der Waals surface area contributed by atoms with Gasteiger partial charge in [-0.25, -0.2) is 9.59 Å². The van der Waals surface area contributed by atoms with E-state index < -0.39 is 60.7 Å². The number of carboxylic acids is 1. The molecule has 3 rings (SSSR count). The fraction of sp³-hybridized carbons (Fsp3) is 0.541. The predicted molar refractivity (Wildman–Crippen MR) is 188 cm³/mol. The van der Waals surface area contributed by atoms with Gasteiger partial charge < -0.3 is 41.2 Å². The monoisotopic (exact) mass is 695 g/mol. The van der Waals surface area contributed by atoms with Crippen LogP contribution < -0.4 is 26.6 Å². The van der Waals surface area contributed by atoms with Gasteiger partial charge in [0.2, 0.25) is 17.7 Å². The molecule has 0 radical (unpaired) electrons. The Kier molecular flexibility index (Phi) is 16.7. The fourth-order valence-electron chi connectivity index (χ4n) is 5.91. The molecule has 0 spiro atoms. The molecule has 50 heavy (non-hydrogen) atoms. The highest BCUT2D eigenvalue weighted by molar-refractivity contribution is 5.94. The molecule has 274 valence electrons. The van der Waals surface area contributed by atoms with Crippen molar-refractivity contribution in [1.82, 2.24) is 26.6 Å². The summed E-state index contributed by atoms with van der Waals surface area (Å²) in [5, 5.41) is 23.7. The SMILES string of the molecule is CN[C@@H](CC(C)C)C(=O)N[C@H](C(=O)N[C@@H](CNC(=O)OCc1ccccc1)C(=O)N[C@H](C(=O)O)[C@H](C)OCc1ccccc1)C1CCCCC1. The maximum Gasteiger partial charge on any atom is 0.407 e. The van der Waals surface area contributed by atoms with Crippen LogP contribution in [0.25, 0.3) is 0 Å². The summed E-state index contributed by atoms with van der Waals surface area (Å²) in [7, 11) is 1.69. The topological polar surface area (TPSA) is 184 Å². The second-order valence-electron chi connectivity index (χ2n) is 13.2. The van der Waals surface area contributed by atoms with Gasteiger partial charge in [0.05, 0.1) is 25.3 Å². The van der Waals surface area contributed by atoms with Crippen LogP contribution in [0.3, 0.4) is 0 Å². The highest BCUT2D eigenvalue weighted by Gasteiger charge is 2.36. The number of carboxylic acid groups (broad SMARTS) is 1. The number of carbonyl (C=O) groups is 5. The summed E-state index contributed by atoms with van der Waals surface area (Å²) >= 11 is 0. The molecular formula is C37H53N5O8. The van der Waals surface area contributed by atoms with Crippen LogP contribution in [0.5, 0.6) is 0 Å². The van der Waals surface area contributed by atoms with Crippen molar-refractivity contribution in [2.24, 2.45) is 11.8 Å². The lowest BCUT2D eigenvalue weighted by atomic mass is 9.83. The minimum Gasteiger partial charge on any atom is -0.480 e. The molecule has 5 atom stereocenters. The van der Waals surface area contributed by atoms with E-state index in [0.717, 1.165) is 30.4 Å². The molecule has 0 aromatic heterocycles. The van der Waals surface area contributed by atoms with Crippen LogP contribution in [-0.4, -0.2) is 78.8 Å². The quantitative estimate of drug-likeness (QED) is 0.128. The van der Waals surface area contributed by atoms with E-state index in [1.807, 2.05) is 50.2 Å². The normalized spacial score (nSPS) is 16.3. The zero-order chi connectivity index (χ0) is 36.5. The number of benzene rings is 2. The van der Waals surface area contributed by atoms with E-state index in [-0.39, 0.29) is 31.0 Å². The molecule has 1 aliphatic carbocycles. The van der Waals surface area contributed by atoms with E-state index in [9.17, 15) is 29.1 Å². The number of likely N-dealkylation sites (N-methyl/N-ethyl adjacent to an activating group) is 1. The van der Waals surface area contributed by atoms with Gasteiger partial charge in [0.15, 0.2) is 6.04 Å². The Hall–Kier alpha value is -4.49. The van der Waals surface area contributed by atoms with E-state index in [4.69, 9.17) is 9.47 Å². The van der Waals surface area contributed by atoms with Crippen molar-refractivity contribution in [3.05, 3.63) is 71.8 Å². The Balaban J connectivity index is 1.78. The number of ether oxygens (including phenoxy) is 2. The van der Waals surface area contributed by atoms with Crippen LogP contribution in [0.2, 0.25) is 0 Å². The van der Waals surface area contributed by atoms with E-state index in [2.05, 4.69) is 26.6 Å². The van der Waals surface area contributed by atoms with Crippen LogP contribution in [0.15, 0.2) is 60.7 Å². The van der Waals surface area contributed by atoms with Crippen molar-refractivity contribution >= 4 is 29.8 Å². The van der Waals surface area contributed by atoms with E-state index in [1.165, 1.54) is 6.92 Å². The Morgan fingerprint density at radius 2 is 1.34 bits per heavy atom. The van der Waals surface area contributed by atoms with Crippen molar-refractivity contribution in [2.45, 2.75) is 103 Å². The summed E-state index contributed by atoms with van der Waals surface area (Å²) < 4.78 is 11.1. The predicted octanol–water partition coefficient (Wildman–Crippen LogP) is 3.27. The van der Waals surface area contributed by atoms with Gasteiger partial charge in [-0.3, -0.25) is 14.4 Å². The van der Waals surface area contributed by atoms with Crippen molar-refractivity contribution in [2.75, 3.05) is 13.6 Å². The molecule has 0 heterocycles. The number of alkyl carbamates (subject to hydrolysis) is 1. The first kappa shape index (κ1) is 39.9. The molecule has 0 aliphatic heterocycles. The van der Waals surface area contributed by atoms with Crippen molar-refractivity contribution in [1.29, 1.82) is 0 Å². The molecule has 13 nitrogen and oxygen atoms in total. The van der Waals surface area contributed by atoms with Crippen LogP contribution in [0.4, 0.5) is 4.79 Å². The molecule has 0 bridgehead atoms. The molecule has 2 aromatic carbocycles. The molecule has 2 aromatic rings. The summed E-state index contributed by atoms with van der Waals surface area (Å²) in [6.45, 7) is 5.22. The molecule has 0 unspecified atom stereocenters. The van der Waals surface area contributed by atoms with Gasteiger partial charge in [0, 0.05) is 0 Å². The first-order chi connectivity index (χ1) is 24.0. The average molecular weight is 696 g/mol. The van der Waals surface area contributed by atoms with Crippen LogP contribution >= 0.6 is 0 Å². The van der Waals surface area contributed by atoms with Crippen LogP contribution in [0, 0.1) is 11.8 Å². The Morgan fingerprint density at radius 3 is 1.90 bits per heavy atom. The lowest BCUT2D eigenvalue weighted by Gasteiger charge is -2.33. The second kappa shape index (κ2) is 20.9. The first-order valence-corrected chi connectivity index (χ1v) is 17.4. The van der Waals surface area contributed by atoms with Crippen molar-refractivity contribution in [3.8, 4) is 0 Å². The maximum atomic E-state index is 14.0. The zero-order valence-corrected chi connectivity index (χ0v) is 29.5. The molecule has 6 N–H and O–H groups in total. The molecular weight excluding hydrogens is 642 g/mol. The van der Waals surface area contributed by atoms with Gasteiger partial charge in [-0.05, 0) is 56.2 Å². The summed E-state index contributed by atoms with van der Waals surface area (Å²) in [4.78, 5) is 66.0. The fourth-order valence-corrected chi connectivity index (χ4v) is 5.91. The number of hydrogen-bond donors (Lipinski definition) is 6. The number of nitrogens with one attached hydrogen (secondary N) is 5. The summed E-state index contributed by atoms with van der Waals surface area (Å²) in [5.41, 5.74) is 1.57. The highest BCUT2D eigenvalue weighted by atomic mass is 16.5. The van der Waals surface area contributed by atoms with Crippen molar-refractivity contribution in [3.63, 3.8) is 0 Å². The minimum atomic E-state index is -1.48. The molecule has 1 saturated carbocycles. The van der Waals surface area contributed by atoms with Gasteiger partial charge in [-0.2, -0.15) is 0 Å². The number of rotatable bonds is 19. The Labute approximate surface area is 294 Å². The number of hydrogen-bond acceptors (Lipinski definition) is 8. The van der Waals surface area contributed by atoms with Crippen LogP contribution in [-0.2, 0) is 41.9 Å². The summed E-state index contributed by atoms with van der Waals surface area (Å²) in [6.07, 6.45) is 3.01.